The van der Waals surface area contributed by atoms with Crippen molar-refractivity contribution in [1.29, 1.82) is 0 Å². The maximum Gasteiger partial charge on any atom is 0.333 e. The van der Waals surface area contributed by atoms with E-state index < -0.39 is 21.9 Å². The van der Waals surface area contributed by atoms with Gasteiger partial charge in [-0.3, -0.25) is 4.55 Å². The van der Waals surface area contributed by atoms with Crippen LogP contribution in [-0.2, 0) is 22.4 Å². The lowest BCUT2D eigenvalue weighted by Crippen LogP contribution is -2.49. The van der Waals surface area contributed by atoms with E-state index in [1.807, 2.05) is 52.9 Å². The summed E-state index contributed by atoms with van der Waals surface area (Å²) in [6, 6.07) is 11.9. The van der Waals surface area contributed by atoms with Gasteiger partial charge in [0.15, 0.2) is 0 Å². The number of rotatable bonds is 7. The first-order chi connectivity index (χ1) is 14.3. The quantitative estimate of drug-likeness (QED) is 0.487. The fraction of sp³-hybridized carbons (Fsp3) is 0.400. The molecule has 0 saturated heterocycles. The molecule has 4 rings (SSSR count). The van der Waals surface area contributed by atoms with Crippen LogP contribution >= 0.6 is 0 Å². The molecule has 30 heavy (non-hydrogen) atoms. The minimum Gasteiger partial charge on any atom is -0.391 e. The highest BCUT2D eigenvalue weighted by Crippen LogP contribution is 2.39. The Labute approximate surface area is 175 Å². The SMILES string of the molecule is CN(Cc1ccccc1)c1ncnc2c1ccn2[C@]1(CNS(=O)(=O)O)CCC[C@@H]1O. The van der Waals surface area contributed by atoms with E-state index >= 15 is 0 Å². The molecule has 0 radical (unpaired) electrons. The Balaban J connectivity index is 1.73. The Morgan fingerprint density at radius 2 is 2.03 bits per heavy atom. The Bertz CT molecular complexity index is 1130. The van der Waals surface area contributed by atoms with E-state index in [0.29, 0.717) is 25.0 Å². The van der Waals surface area contributed by atoms with Crippen LogP contribution in [0.25, 0.3) is 11.0 Å². The van der Waals surface area contributed by atoms with Crippen LogP contribution in [-0.4, -0.2) is 52.3 Å². The summed E-state index contributed by atoms with van der Waals surface area (Å²) < 4.78 is 35.8. The highest BCUT2D eigenvalue weighted by Gasteiger charge is 2.45. The third-order valence-electron chi connectivity index (χ3n) is 5.83. The predicted octanol–water partition coefficient (Wildman–Crippen LogP) is 1.70. The fourth-order valence-electron chi connectivity index (χ4n) is 4.36. The van der Waals surface area contributed by atoms with E-state index in [1.165, 1.54) is 6.33 Å². The number of nitrogens with one attached hydrogen (secondary N) is 1. The molecular weight excluding hydrogens is 406 g/mol. The van der Waals surface area contributed by atoms with Gasteiger partial charge in [0, 0.05) is 26.3 Å². The Morgan fingerprint density at radius 1 is 1.27 bits per heavy atom. The zero-order chi connectivity index (χ0) is 21.4. The van der Waals surface area contributed by atoms with Crippen LogP contribution in [0, 0.1) is 0 Å². The second kappa shape index (κ2) is 7.95. The van der Waals surface area contributed by atoms with Crippen molar-refractivity contribution in [2.45, 2.75) is 37.5 Å². The lowest BCUT2D eigenvalue weighted by molar-refractivity contribution is 0.0658. The number of benzene rings is 1. The number of hydrogen-bond donors (Lipinski definition) is 3. The molecule has 2 heterocycles. The summed E-state index contributed by atoms with van der Waals surface area (Å²) in [4.78, 5) is 10.9. The summed E-state index contributed by atoms with van der Waals surface area (Å²) in [5, 5.41) is 11.6. The van der Waals surface area contributed by atoms with Crippen molar-refractivity contribution < 1.29 is 18.1 Å². The lowest BCUT2D eigenvalue weighted by Gasteiger charge is -2.35. The second-order valence-electron chi connectivity index (χ2n) is 7.77. The Kier molecular flexibility index (Phi) is 5.49. The van der Waals surface area contributed by atoms with Crippen LogP contribution in [0.3, 0.4) is 0 Å². The molecule has 1 fully saturated rings. The van der Waals surface area contributed by atoms with Crippen molar-refractivity contribution in [3.63, 3.8) is 0 Å². The van der Waals surface area contributed by atoms with Crippen LogP contribution in [0.15, 0.2) is 48.9 Å². The third-order valence-corrected chi connectivity index (χ3v) is 6.34. The molecule has 3 aromatic rings. The van der Waals surface area contributed by atoms with Crippen LogP contribution in [0.1, 0.15) is 24.8 Å². The van der Waals surface area contributed by atoms with Gasteiger partial charge in [-0.15, -0.1) is 0 Å². The smallest absolute Gasteiger partial charge is 0.333 e. The van der Waals surface area contributed by atoms with Crippen molar-refractivity contribution in [3.8, 4) is 0 Å². The number of fused-ring (bicyclic) bond motifs is 1. The Hall–Kier alpha value is -2.53. The average Bonchev–Trinajstić information content (AvgIpc) is 3.30. The largest absolute Gasteiger partial charge is 0.391 e. The molecule has 1 aliphatic carbocycles. The number of anilines is 1. The number of aliphatic hydroxyl groups is 1. The van der Waals surface area contributed by atoms with Gasteiger partial charge in [-0.25, -0.2) is 9.97 Å². The van der Waals surface area contributed by atoms with Crippen LogP contribution < -0.4 is 9.62 Å². The molecule has 10 heteroatoms. The molecular formula is C20H25N5O4S. The lowest BCUT2D eigenvalue weighted by atomic mass is 9.95. The molecule has 0 bridgehead atoms. The normalized spacial score (nSPS) is 21.9. The first-order valence-corrected chi connectivity index (χ1v) is 11.2. The van der Waals surface area contributed by atoms with Gasteiger partial charge < -0.3 is 14.6 Å². The molecule has 1 aliphatic rings. The van der Waals surface area contributed by atoms with Crippen molar-refractivity contribution >= 4 is 27.2 Å². The summed E-state index contributed by atoms with van der Waals surface area (Å²) in [5.41, 5.74) is 0.825. The summed E-state index contributed by atoms with van der Waals surface area (Å²) in [5.74, 6) is 0.743. The molecule has 160 valence electrons. The van der Waals surface area contributed by atoms with Crippen LogP contribution in [0.4, 0.5) is 5.82 Å². The molecule has 0 unspecified atom stereocenters. The van der Waals surface area contributed by atoms with Gasteiger partial charge in [0.2, 0.25) is 0 Å². The second-order valence-corrected chi connectivity index (χ2v) is 9.01. The van der Waals surface area contributed by atoms with Gasteiger partial charge in [0.05, 0.1) is 17.0 Å². The maximum absolute atomic E-state index is 11.3. The van der Waals surface area contributed by atoms with E-state index in [2.05, 4.69) is 14.7 Å². The van der Waals surface area contributed by atoms with Crippen LogP contribution in [0.5, 0.6) is 0 Å². The van der Waals surface area contributed by atoms with Gasteiger partial charge in [-0.1, -0.05) is 30.3 Å². The fourth-order valence-corrected chi connectivity index (χ4v) is 4.79. The number of nitrogens with zero attached hydrogens (tertiary/aromatic N) is 4. The highest BCUT2D eigenvalue weighted by molar-refractivity contribution is 7.83. The number of hydrogen-bond acceptors (Lipinski definition) is 6. The maximum atomic E-state index is 11.3. The topological polar surface area (TPSA) is 121 Å². The minimum atomic E-state index is -4.39. The Morgan fingerprint density at radius 3 is 2.70 bits per heavy atom. The highest BCUT2D eigenvalue weighted by atomic mass is 32.2. The molecule has 0 amide bonds. The van der Waals surface area contributed by atoms with Crippen molar-refractivity contribution in [2.24, 2.45) is 0 Å². The molecule has 9 nitrogen and oxygen atoms in total. The summed E-state index contributed by atoms with van der Waals surface area (Å²) in [6.45, 7) is 0.534. The van der Waals surface area contributed by atoms with E-state index in [1.54, 1.807) is 6.20 Å². The van der Waals surface area contributed by atoms with E-state index in [9.17, 15) is 18.1 Å². The van der Waals surface area contributed by atoms with E-state index in [4.69, 9.17) is 0 Å². The summed E-state index contributed by atoms with van der Waals surface area (Å²) in [7, 11) is -2.44. The molecule has 1 aromatic carbocycles. The first kappa shape index (κ1) is 20.7. The van der Waals surface area contributed by atoms with Gasteiger partial charge in [-0.05, 0) is 30.9 Å². The van der Waals surface area contributed by atoms with E-state index in [0.717, 1.165) is 23.2 Å². The minimum absolute atomic E-state index is 0.129. The van der Waals surface area contributed by atoms with Crippen molar-refractivity contribution in [2.75, 3.05) is 18.5 Å². The average molecular weight is 432 g/mol. The molecule has 3 N–H and O–H groups in total. The van der Waals surface area contributed by atoms with Gasteiger partial charge >= 0.3 is 10.3 Å². The van der Waals surface area contributed by atoms with Gasteiger partial charge in [0.25, 0.3) is 0 Å². The molecule has 2 aromatic heterocycles. The zero-order valence-corrected chi connectivity index (χ0v) is 17.5. The van der Waals surface area contributed by atoms with Gasteiger partial charge in [0.1, 0.15) is 17.8 Å². The molecule has 2 atom stereocenters. The molecule has 0 spiro atoms. The summed E-state index contributed by atoms with van der Waals surface area (Å²) in [6.07, 6.45) is 4.33. The van der Waals surface area contributed by atoms with Crippen molar-refractivity contribution in [1.82, 2.24) is 19.3 Å². The number of aromatic nitrogens is 3. The zero-order valence-electron chi connectivity index (χ0n) is 16.6. The van der Waals surface area contributed by atoms with Crippen molar-refractivity contribution in [3.05, 3.63) is 54.5 Å². The number of aliphatic hydroxyl groups excluding tert-OH is 1. The predicted molar refractivity (Wildman–Crippen MR) is 113 cm³/mol. The third kappa shape index (κ3) is 3.91. The van der Waals surface area contributed by atoms with E-state index in [-0.39, 0.29) is 6.54 Å². The van der Waals surface area contributed by atoms with Gasteiger partial charge in [-0.2, -0.15) is 13.1 Å². The molecule has 0 aliphatic heterocycles. The van der Waals surface area contributed by atoms with Crippen LogP contribution in [0.2, 0.25) is 0 Å². The molecule has 1 saturated carbocycles. The first-order valence-electron chi connectivity index (χ1n) is 9.78. The standard InChI is InChI=1S/C20H25N5O4S/c1-24(12-15-6-3-2-4-7-15)18-16-9-11-25(19(16)22-14-21-18)20(10-5-8-17(20)26)13-23-30(27,28)29/h2-4,6-7,9,11,14,17,23,26H,5,8,10,12-13H2,1H3,(H,27,28,29)/t17-,20-/m0/s1. The summed E-state index contributed by atoms with van der Waals surface area (Å²) >= 11 is 0. The monoisotopic (exact) mass is 431 g/mol.